The third kappa shape index (κ3) is 4.55. The number of aromatic nitrogens is 2. The maximum Gasteiger partial charge on any atom is 0.264 e. The second-order valence-corrected chi connectivity index (χ2v) is 8.91. The molecule has 0 spiro atoms. The van der Waals surface area contributed by atoms with Crippen LogP contribution in [-0.4, -0.2) is 36.7 Å². The van der Waals surface area contributed by atoms with Crippen LogP contribution in [0.2, 0.25) is 0 Å². The van der Waals surface area contributed by atoms with E-state index in [0.717, 1.165) is 5.16 Å². The highest BCUT2D eigenvalue weighted by atomic mass is 32.2. The van der Waals surface area contributed by atoms with E-state index in [1.807, 2.05) is 17.7 Å². The molecule has 146 valence electrons. The first-order valence-corrected chi connectivity index (χ1v) is 10.8. The number of nitrogens with one attached hydrogen (secondary N) is 1. The van der Waals surface area contributed by atoms with Gasteiger partial charge in [0.25, 0.3) is 10.0 Å². The Morgan fingerprint density at radius 3 is 2.61 bits per heavy atom. The molecule has 0 unspecified atom stereocenters. The lowest BCUT2D eigenvalue weighted by atomic mass is 10.3. The van der Waals surface area contributed by atoms with Crippen molar-refractivity contribution in [2.45, 2.75) is 10.1 Å². The van der Waals surface area contributed by atoms with E-state index < -0.39 is 10.0 Å². The third-order valence-corrected chi connectivity index (χ3v) is 6.84. The molecule has 0 saturated carbocycles. The molecule has 0 aliphatic carbocycles. The van der Waals surface area contributed by atoms with E-state index in [9.17, 15) is 13.2 Å². The Balaban J connectivity index is 1.71. The maximum absolute atomic E-state index is 12.9. The van der Waals surface area contributed by atoms with Crippen LogP contribution >= 0.6 is 11.8 Å². The summed E-state index contributed by atoms with van der Waals surface area (Å²) in [4.78, 5) is 16.5. The van der Waals surface area contributed by atoms with Gasteiger partial charge in [0, 0.05) is 32.2 Å². The number of rotatable bonds is 7. The molecule has 0 aliphatic rings. The van der Waals surface area contributed by atoms with Crippen LogP contribution in [0.4, 0.5) is 11.4 Å². The zero-order valence-electron chi connectivity index (χ0n) is 15.4. The minimum Gasteiger partial charge on any atom is -0.329 e. The highest BCUT2D eigenvalue weighted by Crippen LogP contribution is 2.24. The molecule has 1 N–H and O–H groups in total. The molecule has 1 amide bonds. The van der Waals surface area contributed by atoms with Crippen molar-refractivity contribution in [1.82, 2.24) is 9.55 Å². The molecule has 9 heteroatoms. The van der Waals surface area contributed by atoms with Crippen molar-refractivity contribution in [3.05, 3.63) is 67.0 Å². The molecule has 7 nitrogen and oxygen atoms in total. The molecular formula is C19H20N4O3S2. The fraction of sp³-hybridized carbons (Fsp3) is 0.158. The van der Waals surface area contributed by atoms with Crippen LogP contribution < -0.4 is 9.62 Å². The number of thioether (sulfide) groups is 1. The van der Waals surface area contributed by atoms with Crippen molar-refractivity contribution in [2.24, 2.45) is 7.05 Å². The van der Waals surface area contributed by atoms with Gasteiger partial charge in [-0.3, -0.25) is 9.10 Å². The molecule has 28 heavy (non-hydrogen) atoms. The Labute approximate surface area is 168 Å². The number of sulfonamides is 1. The summed E-state index contributed by atoms with van der Waals surface area (Å²) in [6.07, 6.45) is 3.47. The van der Waals surface area contributed by atoms with Gasteiger partial charge in [0.2, 0.25) is 5.91 Å². The minimum atomic E-state index is -3.74. The van der Waals surface area contributed by atoms with E-state index in [4.69, 9.17) is 0 Å². The van der Waals surface area contributed by atoms with Gasteiger partial charge in [-0.25, -0.2) is 13.4 Å². The number of aryl methyl sites for hydroxylation is 1. The fourth-order valence-corrected chi connectivity index (χ4v) is 4.46. The maximum atomic E-state index is 12.9. The first kappa shape index (κ1) is 20.0. The van der Waals surface area contributed by atoms with Gasteiger partial charge < -0.3 is 9.88 Å². The first-order chi connectivity index (χ1) is 13.4. The average Bonchev–Trinajstić information content (AvgIpc) is 3.11. The van der Waals surface area contributed by atoms with E-state index >= 15 is 0 Å². The van der Waals surface area contributed by atoms with Crippen molar-refractivity contribution in [1.29, 1.82) is 0 Å². The monoisotopic (exact) mass is 416 g/mol. The number of carbonyl (C=O) groups excluding carboxylic acids is 1. The number of carbonyl (C=O) groups is 1. The number of para-hydroxylation sites is 1. The summed E-state index contributed by atoms with van der Waals surface area (Å²) >= 11 is 1.31. The highest BCUT2D eigenvalue weighted by Gasteiger charge is 2.21. The van der Waals surface area contributed by atoms with E-state index in [1.54, 1.807) is 48.8 Å². The molecule has 0 radical (unpaired) electrons. The van der Waals surface area contributed by atoms with Gasteiger partial charge in [0.15, 0.2) is 5.16 Å². The Morgan fingerprint density at radius 2 is 1.93 bits per heavy atom. The number of nitrogens with zero attached hydrogens (tertiary/aromatic N) is 3. The first-order valence-electron chi connectivity index (χ1n) is 8.42. The molecular weight excluding hydrogens is 396 g/mol. The predicted molar refractivity (Wildman–Crippen MR) is 111 cm³/mol. The van der Waals surface area contributed by atoms with Crippen LogP contribution in [0.25, 0.3) is 0 Å². The van der Waals surface area contributed by atoms with Gasteiger partial charge in [-0.05, 0) is 30.3 Å². The molecule has 2 aromatic carbocycles. The van der Waals surface area contributed by atoms with E-state index in [1.165, 1.54) is 35.2 Å². The van der Waals surface area contributed by atoms with Crippen molar-refractivity contribution >= 4 is 39.1 Å². The van der Waals surface area contributed by atoms with Gasteiger partial charge in [-0.15, -0.1) is 0 Å². The smallest absolute Gasteiger partial charge is 0.264 e. The van der Waals surface area contributed by atoms with E-state index in [2.05, 4.69) is 10.3 Å². The molecule has 3 rings (SSSR count). The van der Waals surface area contributed by atoms with Crippen LogP contribution in [0.1, 0.15) is 0 Å². The number of hydrogen-bond donors (Lipinski definition) is 1. The fourth-order valence-electron chi connectivity index (χ4n) is 2.49. The van der Waals surface area contributed by atoms with Crippen molar-refractivity contribution in [2.75, 3.05) is 22.4 Å². The molecule has 0 saturated heterocycles. The lowest BCUT2D eigenvalue weighted by molar-refractivity contribution is -0.113. The average molecular weight is 417 g/mol. The SMILES string of the molecule is CN(c1ccccc1)S(=O)(=O)c1cccc(NC(=O)CSc2nccn2C)c1. The van der Waals surface area contributed by atoms with Crippen LogP contribution in [0.5, 0.6) is 0 Å². The van der Waals surface area contributed by atoms with Gasteiger partial charge in [-0.2, -0.15) is 0 Å². The topological polar surface area (TPSA) is 84.3 Å². The minimum absolute atomic E-state index is 0.105. The highest BCUT2D eigenvalue weighted by molar-refractivity contribution is 7.99. The lowest BCUT2D eigenvalue weighted by Crippen LogP contribution is -2.26. The molecule has 1 heterocycles. The van der Waals surface area contributed by atoms with Gasteiger partial charge >= 0.3 is 0 Å². The van der Waals surface area contributed by atoms with Crippen molar-refractivity contribution in [3.63, 3.8) is 0 Å². The van der Waals surface area contributed by atoms with Crippen LogP contribution in [0, 0.1) is 0 Å². The van der Waals surface area contributed by atoms with Crippen molar-refractivity contribution in [3.8, 4) is 0 Å². The van der Waals surface area contributed by atoms with Crippen LogP contribution in [0.15, 0.2) is 77.0 Å². The normalized spacial score (nSPS) is 11.2. The summed E-state index contributed by atoms with van der Waals surface area (Å²) in [7, 11) is -0.389. The van der Waals surface area contributed by atoms with Gasteiger partial charge in [0.1, 0.15) is 0 Å². The van der Waals surface area contributed by atoms with E-state index in [0.29, 0.717) is 11.4 Å². The summed E-state index contributed by atoms with van der Waals surface area (Å²) < 4.78 is 28.8. The molecule has 1 aromatic heterocycles. The molecule has 0 fully saturated rings. The number of imidazole rings is 1. The summed E-state index contributed by atoms with van der Waals surface area (Å²) in [6, 6.07) is 15.0. The molecule has 0 atom stereocenters. The lowest BCUT2D eigenvalue weighted by Gasteiger charge is -2.19. The molecule has 0 bridgehead atoms. The summed E-state index contributed by atoms with van der Waals surface area (Å²) in [5.74, 6) is -0.0647. The summed E-state index contributed by atoms with van der Waals surface area (Å²) in [6.45, 7) is 0. The molecule has 3 aromatic rings. The quantitative estimate of drug-likeness (QED) is 0.599. The standard InChI is InChI=1S/C19H20N4O3S2/c1-22-12-11-20-19(22)27-14-18(24)21-15-7-6-10-17(13-15)28(25,26)23(2)16-8-4-3-5-9-16/h3-13H,14H2,1-2H3,(H,21,24). The second-order valence-electron chi connectivity index (χ2n) is 5.99. The Hall–Kier alpha value is -2.78. The predicted octanol–water partition coefficient (Wildman–Crippen LogP) is 2.98. The third-order valence-electron chi connectivity index (χ3n) is 4.01. The van der Waals surface area contributed by atoms with Crippen molar-refractivity contribution < 1.29 is 13.2 Å². The van der Waals surface area contributed by atoms with Crippen LogP contribution in [-0.2, 0) is 21.9 Å². The largest absolute Gasteiger partial charge is 0.329 e. The zero-order chi connectivity index (χ0) is 20.1. The van der Waals surface area contributed by atoms with Gasteiger partial charge in [0.05, 0.1) is 16.3 Å². The number of hydrogen-bond acceptors (Lipinski definition) is 5. The van der Waals surface area contributed by atoms with E-state index in [-0.39, 0.29) is 16.6 Å². The zero-order valence-corrected chi connectivity index (χ0v) is 17.1. The van der Waals surface area contributed by atoms with Gasteiger partial charge in [-0.1, -0.05) is 36.0 Å². The Kier molecular flexibility index (Phi) is 6.05. The second kappa shape index (κ2) is 8.49. The number of benzene rings is 2. The Bertz CT molecular complexity index is 1070. The molecule has 0 aliphatic heterocycles. The summed E-state index contributed by atoms with van der Waals surface area (Å²) in [5.41, 5.74) is 0.983. The number of anilines is 2. The summed E-state index contributed by atoms with van der Waals surface area (Å²) in [5, 5.41) is 3.47. The Morgan fingerprint density at radius 1 is 1.18 bits per heavy atom. The number of amides is 1. The van der Waals surface area contributed by atoms with Crippen LogP contribution in [0.3, 0.4) is 0 Å².